The normalized spacial score (nSPS) is 10.9. The third kappa shape index (κ3) is 3.13. The lowest BCUT2D eigenvalue weighted by Crippen LogP contribution is -2.06. The fourth-order valence-electron chi connectivity index (χ4n) is 2.79. The second-order valence-corrected chi connectivity index (χ2v) is 5.78. The molecule has 0 atom stereocenters. The summed E-state index contributed by atoms with van der Waals surface area (Å²) in [7, 11) is 0. The van der Waals surface area contributed by atoms with E-state index in [0.29, 0.717) is 23.1 Å². The van der Waals surface area contributed by atoms with Crippen LogP contribution >= 0.6 is 0 Å². The summed E-state index contributed by atoms with van der Waals surface area (Å²) in [6, 6.07) is 11.7. The average molecular weight is 325 g/mol. The van der Waals surface area contributed by atoms with Crippen LogP contribution in [0.4, 0.5) is 8.78 Å². The van der Waals surface area contributed by atoms with E-state index in [2.05, 4.69) is 18.0 Å². The number of fused-ring (bicyclic) bond motifs is 1. The van der Waals surface area contributed by atoms with E-state index in [1.165, 1.54) is 6.07 Å². The number of aryl methyl sites for hydroxylation is 1. The van der Waals surface area contributed by atoms with Crippen molar-refractivity contribution < 1.29 is 8.78 Å². The Hall–Kier alpha value is -2.74. The van der Waals surface area contributed by atoms with Crippen molar-refractivity contribution in [3.05, 3.63) is 65.0 Å². The molecule has 0 N–H and O–H groups in total. The molecule has 2 aromatic carbocycles. The number of hydrogen-bond donors (Lipinski definition) is 0. The Morgan fingerprint density at radius 1 is 1.17 bits per heavy atom. The monoisotopic (exact) mass is 325 g/mol. The van der Waals surface area contributed by atoms with Crippen molar-refractivity contribution in [2.24, 2.45) is 0 Å². The van der Waals surface area contributed by atoms with E-state index in [-0.39, 0.29) is 0 Å². The van der Waals surface area contributed by atoms with Crippen molar-refractivity contribution in [2.45, 2.75) is 32.7 Å². The van der Waals surface area contributed by atoms with Crippen LogP contribution in [0.2, 0.25) is 0 Å². The van der Waals surface area contributed by atoms with Crippen LogP contribution in [0.25, 0.3) is 11.0 Å². The first-order valence-electron chi connectivity index (χ1n) is 7.95. The zero-order chi connectivity index (χ0) is 17.1. The first-order valence-corrected chi connectivity index (χ1v) is 7.95. The molecule has 1 aromatic heterocycles. The standard InChI is InChI=1S/C19H17F2N3/c1-2-3-7-19-23-17-9-15(20)16(21)10-18(17)24(19)12-14-6-4-5-13(8-14)11-22/h4-6,8-10H,2-3,7,12H2,1H3. The number of nitriles is 1. The van der Waals surface area contributed by atoms with Crippen LogP contribution in [0.5, 0.6) is 0 Å². The van der Waals surface area contributed by atoms with Crippen LogP contribution in [0.15, 0.2) is 36.4 Å². The Kier molecular flexibility index (Phi) is 4.57. The molecular weight excluding hydrogens is 308 g/mol. The van der Waals surface area contributed by atoms with E-state index in [1.54, 1.807) is 12.1 Å². The summed E-state index contributed by atoms with van der Waals surface area (Å²) in [5.41, 5.74) is 2.53. The number of imidazole rings is 1. The van der Waals surface area contributed by atoms with Gasteiger partial charge in [0.15, 0.2) is 11.6 Å². The molecular formula is C19H17F2N3. The van der Waals surface area contributed by atoms with Gasteiger partial charge in [-0.05, 0) is 24.1 Å². The second-order valence-electron chi connectivity index (χ2n) is 5.78. The molecule has 0 bridgehead atoms. The van der Waals surface area contributed by atoms with Gasteiger partial charge >= 0.3 is 0 Å². The number of halogens is 2. The van der Waals surface area contributed by atoms with Gasteiger partial charge in [0.25, 0.3) is 0 Å². The van der Waals surface area contributed by atoms with E-state index in [1.807, 2.05) is 16.7 Å². The van der Waals surface area contributed by atoms with E-state index in [4.69, 9.17) is 5.26 Å². The molecule has 0 aliphatic rings. The van der Waals surface area contributed by atoms with Gasteiger partial charge in [-0.2, -0.15) is 5.26 Å². The maximum Gasteiger partial charge on any atom is 0.161 e. The van der Waals surface area contributed by atoms with Crippen LogP contribution in [0.1, 0.15) is 36.7 Å². The van der Waals surface area contributed by atoms with Gasteiger partial charge in [0.2, 0.25) is 0 Å². The minimum Gasteiger partial charge on any atom is -0.323 e. The van der Waals surface area contributed by atoms with Crippen molar-refractivity contribution in [1.82, 2.24) is 9.55 Å². The van der Waals surface area contributed by atoms with Crippen molar-refractivity contribution in [2.75, 3.05) is 0 Å². The van der Waals surface area contributed by atoms with E-state index < -0.39 is 11.6 Å². The van der Waals surface area contributed by atoms with Crippen LogP contribution < -0.4 is 0 Å². The van der Waals surface area contributed by atoms with Crippen molar-refractivity contribution >= 4 is 11.0 Å². The molecule has 0 radical (unpaired) electrons. The predicted molar refractivity (Wildman–Crippen MR) is 88.5 cm³/mol. The summed E-state index contributed by atoms with van der Waals surface area (Å²) in [5, 5.41) is 9.04. The topological polar surface area (TPSA) is 41.6 Å². The smallest absolute Gasteiger partial charge is 0.161 e. The Labute approximate surface area is 139 Å². The fourth-order valence-corrected chi connectivity index (χ4v) is 2.79. The van der Waals surface area contributed by atoms with Crippen molar-refractivity contribution in [1.29, 1.82) is 5.26 Å². The lowest BCUT2D eigenvalue weighted by Gasteiger charge is -2.10. The molecule has 5 heteroatoms. The Balaban J connectivity index is 2.09. The second kappa shape index (κ2) is 6.79. The highest BCUT2D eigenvalue weighted by atomic mass is 19.2. The molecule has 1 heterocycles. The maximum absolute atomic E-state index is 13.7. The summed E-state index contributed by atoms with van der Waals surface area (Å²) >= 11 is 0. The molecule has 0 amide bonds. The Morgan fingerprint density at radius 3 is 2.71 bits per heavy atom. The fraction of sp³-hybridized carbons (Fsp3) is 0.263. The van der Waals surface area contributed by atoms with Crippen molar-refractivity contribution in [3.8, 4) is 6.07 Å². The van der Waals surface area contributed by atoms with Crippen LogP contribution in [-0.2, 0) is 13.0 Å². The third-order valence-electron chi connectivity index (χ3n) is 4.02. The third-order valence-corrected chi connectivity index (χ3v) is 4.02. The van der Waals surface area contributed by atoms with Crippen LogP contribution in [0, 0.1) is 23.0 Å². The molecule has 0 fully saturated rings. The SMILES string of the molecule is CCCCc1nc2cc(F)c(F)cc2n1Cc1cccc(C#N)c1. The highest BCUT2D eigenvalue weighted by molar-refractivity contribution is 5.76. The first-order chi connectivity index (χ1) is 11.6. The van der Waals surface area contributed by atoms with Gasteiger partial charge < -0.3 is 4.57 Å². The van der Waals surface area contributed by atoms with E-state index in [9.17, 15) is 8.78 Å². The van der Waals surface area contributed by atoms with Gasteiger partial charge in [-0.25, -0.2) is 13.8 Å². The van der Waals surface area contributed by atoms with Gasteiger partial charge in [-0.3, -0.25) is 0 Å². The lowest BCUT2D eigenvalue weighted by molar-refractivity contribution is 0.510. The van der Waals surface area contributed by atoms with Crippen molar-refractivity contribution in [3.63, 3.8) is 0 Å². The number of aromatic nitrogens is 2. The lowest BCUT2D eigenvalue weighted by atomic mass is 10.1. The maximum atomic E-state index is 13.7. The molecule has 0 spiro atoms. The summed E-state index contributed by atoms with van der Waals surface area (Å²) in [4.78, 5) is 4.48. The molecule has 0 aliphatic carbocycles. The molecule has 3 rings (SSSR count). The summed E-state index contributed by atoms with van der Waals surface area (Å²) in [6.45, 7) is 2.55. The van der Waals surface area contributed by atoms with E-state index in [0.717, 1.165) is 36.7 Å². The quantitative estimate of drug-likeness (QED) is 0.689. The van der Waals surface area contributed by atoms with Gasteiger partial charge in [0, 0.05) is 25.1 Å². The van der Waals surface area contributed by atoms with Crippen LogP contribution in [-0.4, -0.2) is 9.55 Å². The highest BCUT2D eigenvalue weighted by Gasteiger charge is 2.14. The predicted octanol–water partition coefficient (Wildman–Crippen LogP) is 4.58. The largest absolute Gasteiger partial charge is 0.323 e. The molecule has 24 heavy (non-hydrogen) atoms. The van der Waals surface area contributed by atoms with Gasteiger partial charge in [0.1, 0.15) is 5.82 Å². The van der Waals surface area contributed by atoms with Gasteiger partial charge in [-0.1, -0.05) is 25.5 Å². The van der Waals surface area contributed by atoms with Crippen LogP contribution in [0.3, 0.4) is 0 Å². The molecule has 0 unspecified atom stereocenters. The molecule has 0 saturated heterocycles. The highest BCUT2D eigenvalue weighted by Crippen LogP contribution is 2.22. The number of rotatable bonds is 5. The average Bonchev–Trinajstić information content (AvgIpc) is 2.90. The molecule has 3 nitrogen and oxygen atoms in total. The zero-order valence-electron chi connectivity index (χ0n) is 13.4. The summed E-state index contributed by atoms with van der Waals surface area (Å²) in [6.07, 6.45) is 2.70. The minimum atomic E-state index is -0.888. The Bertz CT molecular complexity index is 922. The summed E-state index contributed by atoms with van der Waals surface area (Å²) in [5.74, 6) is -0.962. The molecule has 122 valence electrons. The molecule has 3 aromatic rings. The van der Waals surface area contributed by atoms with E-state index >= 15 is 0 Å². The molecule has 0 aliphatic heterocycles. The minimum absolute atomic E-state index is 0.455. The Morgan fingerprint density at radius 2 is 1.96 bits per heavy atom. The first kappa shape index (κ1) is 16.1. The molecule has 0 saturated carbocycles. The van der Waals surface area contributed by atoms with Gasteiger partial charge in [0.05, 0.1) is 22.7 Å². The van der Waals surface area contributed by atoms with Gasteiger partial charge in [-0.15, -0.1) is 0 Å². The summed E-state index contributed by atoms with van der Waals surface area (Å²) < 4.78 is 29.1. The number of hydrogen-bond acceptors (Lipinski definition) is 2. The number of benzene rings is 2. The number of nitrogens with zero attached hydrogens (tertiary/aromatic N) is 3. The zero-order valence-corrected chi connectivity index (χ0v) is 13.4. The number of unbranched alkanes of at least 4 members (excludes halogenated alkanes) is 1.